The summed E-state index contributed by atoms with van der Waals surface area (Å²) >= 11 is 0. The highest BCUT2D eigenvalue weighted by molar-refractivity contribution is 4.74. The van der Waals surface area contributed by atoms with Crippen molar-refractivity contribution in [3.63, 3.8) is 0 Å². The molecular weight excluding hydrogens is 202 g/mol. The molecule has 3 nitrogen and oxygen atoms in total. The van der Waals surface area contributed by atoms with Crippen LogP contribution in [0.2, 0.25) is 0 Å². The summed E-state index contributed by atoms with van der Waals surface area (Å²) in [5.41, 5.74) is 0. The van der Waals surface area contributed by atoms with Gasteiger partial charge in [-0.2, -0.15) is 0 Å². The SMILES string of the molecule is C=CCCC(C)NC(C)COC1CCOC1. The van der Waals surface area contributed by atoms with Crippen molar-refractivity contribution in [3.8, 4) is 0 Å². The molecule has 3 unspecified atom stereocenters. The topological polar surface area (TPSA) is 30.5 Å². The van der Waals surface area contributed by atoms with Gasteiger partial charge in [-0.3, -0.25) is 0 Å². The molecule has 94 valence electrons. The van der Waals surface area contributed by atoms with Crippen molar-refractivity contribution in [2.45, 2.75) is 51.3 Å². The zero-order valence-electron chi connectivity index (χ0n) is 10.6. The van der Waals surface area contributed by atoms with Crippen molar-refractivity contribution in [3.05, 3.63) is 12.7 Å². The molecule has 1 heterocycles. The Morgan fingerprint density at radius 3 is 2.94 bits per heavy atom. The van der Waals surface area contributed by atoms with E-state index in [1.807, 2.05) is 6.08 Å². The molecule has 16 heavy (non-hydrogen) atoms. The van der Waals surface area contributed by atoms with E-state index in [0.29, 0.717) is 18.2 Å². The maximum Gasteiger partial charge on any atom is 0.0831 e. The number of rotatable bonds is 8. The van der Waals surface area contributed by atoms with E-state index in [-0.39, 0.29) is 0 Å². The molecular formula is C13H25NO2. The van der Waals surface area contributed by atoms with Gasteiger partial charge in [0.25, 0.3) is 0 Å². The fraction of sp³-hybridized carbons (Fsp3) is 0.846. The molecule has 1 aliphatic rings. The van der Waals surface area contributed by atoms with Gasteiger partial charge in [-0.1, -0.05) is 6.08 Å². The van der Waals surface area contributed by atoms with E-state index in [0.717, 1.165) is 39.1 Å². The highest BCUT2D eigenvalue weighted by Gasteiger charge is 2.17. The van der Waals surface area contributed by atoms with E-state index in [4.69, 9.17) is 9.47 Å². The number of ether oxygens (including phenoxy) is 2. The van der Waals surface area contributed by atoms with Crippen LogP contribution in [0.3, 0.4) is 0 Å². The van der Waals surface area contributed by atoms with Crippen LogP contribution < -0.4 is 5.32 Å². The summed E-state index contributed by atoms with van der Waals surface area (Å²) in [6, 6.07) is 0.928. The van der Waals surface area contributed by atoms with E-state index >= 15 is 0 Å². The maximum atomic E-state index is 5.76. The molecule has 0 radical (unpaired) electrons. The van der Waals surface area contributed by atoms with Crippen LogP contribution in [0.4, 0.5) is 0 Å². The normalized spacial score (nSPS) is 24.2. The van der Waals surface area contributed by atoms with Crippen LogP contribution in [0.1, 0.15) is 33.1 Å². The molecule has 0 saturated carbocycles. The monoisotopic (exact) mass is 227 g/mol. The molecule has 1 aliphatic heterocycles. The lowest BCUT2D eigenvalue weighted by molar-refractivity contribution is 0.0310. The quantitative estimate of drug-likeness (QED) is 0.644. The summed E-state index contributed by atoms with van der Waals surface area (Å²) < 4.78 is 11.0. The lowest BCUT2D eigenvalue weighted by atomic mass is 10.1. The molecule has 1 fully saturated rings. The van der Waals surface area contributed by atoms with Crippen LogP contribution in [0.5, 0.6) is 0 Å². The van der Waals surface area contributed by atoms with Crippen LogP contribution in [-0.4, -0.2) is 38.0 Å². The maximum absolute atomic E-state index is 5.76. The minimum absolute atomic E-state index is 0.313. The summed E-state index contributed by atoms with van der Waals surface area (Å²) in [6.45, 7) is 10.5. The summed E-state index contributed by atoms with van der Waals surface area (Å²) in [4.78, 5) is 0. The summed E-state index contributed by atoms with van der Waals surface area (Å²) in [5, 5.41) is 3.52. The van der Waals surface area contributed by atoms with Gasteiger partial charge in [0, 0.05) is 18.7 Å². The average molecular weight is 227 g/mol. The number of nitrogens with one attached hydrogen (secondary N) is 1. The second kappa shape index (κ2) is 7.82. The van der Waals surface area contributed by atoms with Gasteiger partial charge in [-0.15, -0.1) is 6.58 Å². The van der Waals surface area contributed by atoms with Crippen molar-refractivity contribution >= 4 is 0 Å². The minimum Gasteiger partial charge on any atom is -0.379 e. The van der Waals surface area contributed by atoms with Crippen molar-refractivity contribution in [2.75, 3.05) is 19.8 Å². The predicted octanol–water partition coefficient (Wildman–Crippen LogP) is 2.12. The summed E-state index contributed by atoms with van der Waals surface area (Å²) in [5.74, 6) is 0. The number of hydrogen-bond acceptors (Lipinski definition) is 3. The van der Waals surface area contributed by atoms with Gasteiger partial charge < -0.3 is 14.8 Å². The molecule has 0 aromatic carbocycles. The Labute approximate surface area is 99.2 Å². The molecule has 0 bridgehead atoms. The number of hydrogen-bond donors (Lipinski definition) is 1. The Bertz CT molecular complexity index is 190. The fourth-order valence-electron chi connectivity index (χ4n) is 1.91. The van der Waals surface area contributed by atoms with Crippen molar-refractivity contribution in [1.82, 2.24) is 5.32 Å². The van der Waals surface area contributed by atoms with Crippen molar-refractivity contribution in [2.24, 2.45) is 0 Å². The molecule has 1 saturated heterocycles. The molecule has 3 atom stereocenters. The molecule has 1 rings (SSSR count). The third-order valence-electron chi connectivity index (χ3n) is 2.84. The average Bonchev–Trinajstić information content (AvgIpc) is 2.76. The second-order valence-corrected chi connectivity index (χ2v) is 4.65. The van der Waals surface area contributed by atoms with Crippen molar-refractivity contribution in [1.29, 1.82) is 0 Å². The Balaban J connectivity index is 2.04. The van der Waals surface area contributed by atoms with Gasteiger partial charge in [0.1, 0.15) is 0 Å². The van der Waals surface area contributed by atoms with E-state index in [9.17, 15) is 0 Å². The van der Waals surface area contributed by atoms with E-state index in [1.165, 1.54) is 0 Å². The first-order valence-corrected chi connectivity index (χ1v) is 6.28. The third-order valence-corrected chi connectivity index (χ3v) is 2.84. The first kappa shape index (κ1) is 13.7. The minimum atomic E-state index is 0.313. The lowest BCUT2D eigenvalue weighted by Gasteiger charge is -2.21. The lowest BCUT2D eigenvalue weighted by Crippen LogP contribution is -2.38. The summed E-state index contributed by atoms with van der Waals surface area (Å²) in [7, 11) is 0. The highest BCUT2D eigenvalue weighted by Crippen LogP contribution is 2.08. The van der Waals surface area contributed by atoms with Gasteiger partial charge in [-0.25, -0.2) is 0 Å². The largest absolute Gasteiger partial charge is 0.379 e. The van der Waals surface area contributed by atoms with Crippen LogP contribution in [-0.2, 0) is 9.47 Å². The van der Waals surface area contributed by atoms with E-state index in [1.54, 1.807) is 0 Å². The van der Waals surface area contributed by atoms with E-state index < -0.39 is 0 Å². The smallest absolute Gasteiger partial charge is 0.0831 e. The highest BCUT2D eigenvalue weighted by atomic mass is 16.5. The standard InChI is InChI=1S/C13H25NO2/c1-4-5-6-11(2)14-12(3)9-16-13-7-8-15-10-13/h4,11-14H,1,5-10H2,2-3H3. The van der Waals surface area contributed by atoms with Gasteiger partial charge in [0.05, 0.1) is 19.3 Å². The zero-order valence-corrected chi connectivity index (χ0v) is 10.6. The van der Waals surface area contributed by atoms with Crippen LogP contribution in [0.25, 0.3) is 0 Å². The predicted molar refractivity (Wildman–Crippen MR) is 66.7 cm³/mol. The van der Waals surface area contributed by atoms with Crippen LogP contribution >= 0.6 is 0 Å². The molecule has 0 spiro atoms. The molecule has 0 amide bonds. The second-order valence-electron chi connectivity index (χ2n) is 4.65. The van der Waals surface area contributed by atoms with Gasteiger partial charge in [-0.05, 0) is 33.1 Å². The first-order valence-electron chi connectivity index (χ1n) is 6.28. The van der Waals surface area contributed by atoms with Crippen molar-refractivity contribution < 1.29 is 9.47 Å². The first-order chi connectivity index (χ1) is 7.72. The zero-order chi connectivity index (χ0) is 11.8. The fourth-order valence-corrected chi connectivity index (χ4v) is 1.91. The molecule has 1 N–H and O–H groups in total. The Morgan fingerprint density at radius 2 is 2.31 bits per heavy atom. The Morgan fingerprint density at radius 1 is 1.50 bits per heavy atom. The molecule has 0 aromatic rings. The Kier molecular flexibility index (Phi) is 6.69. The number of allylic oxidation sites excluding steroid dienone is 1. The van der Waals surface area contributed by atoms with Gasteiger partial charge in [0.2, 0.25) is 0 Å². The van der Waals surface area contributed by atoms with Gasteiger partial charge in [0.15, 0.2) is 0 Å². The van der Waals surface area contributed by atoms with E-state index in [2.05, 4.69) is 25.7 Å². The van der Waals surface area contributed by atoms with Crippen LogP contribution in [0.15, 0.2) is 12.7 Å². The molecule has 3 heteroatoms. The molecule has 0 aliphatic carbocycles. The molecule has 0 aromatic heterocycles. The third kappa shape index (κ3) is 5.64. The van der Waals surface area contributed by atoms with Crippen LogP contribution in [0, 0.1) is 0 Å². The van der Waals surface area contributed by atoms with Gasteiger partial charge >= 0.3 is 0 Å². The summed E-state index contributed by atoms with van der Waals surface area (Å²) in [6.07, 6.45) is 5.53. The Hall–Kier alpha value is -0.380.